The van der Waals surface area contributed by atoms with Crippen molar-refractivity contribution in [2.24, 2.45) is 11.3 Å². The van der Waals surface area contributed by atoms with E-state index >= 15 is 0 Å². The number of carbonyl (C=O) groups is 2. The molecule has 0 saturated heterocycles. The summed E-state index contributed by atoms with van der Waals surface area (Å²) < 4.78 is 0. The number of urea groups is 1. The first-order chi connectivity index (χ1) is 8.70. The number of aliphatic carboxylic acids is 1. The highest BCUT2D eigenvalue weighted by atomic mass is 16.4. The van der Waals surface area contributed by atoms with Crippen molar-refractivity contribution >= 4 is 12.0 Å². The lowest BCUT2D eigenvalue weighted by Crippen LogP contribution is -2.54. The summed E-state index contributed by atoms with van der Waals surface area (Å²) in [5.74, 6) is -0.378. The molecule has 0 radical (unpaired) electrons. The fourth-order valence-electron chi connectivity index (χ4n) is 2.57. The second-order valence-corrected chi connectivity index (χ2v) is 6.72. The molecule has 0 aromatic rings. The molecule has 3 N–H and O–H groups in total. The number of nitrogens with one attached hydrogen (secondary N) is 2. The molecule has 1 fully saturated rings. The molecule has 0 aliphatic heterocycles. The maximum absolute atomic E-state index is 11.9. The minimum Gasteiger partial charge on any atom is -0.480 e. The quantitative estimate of drug-likeness (QED) is 0.736. The van der Waals surface area contributed by atoms with Crippen LogP contribution in [0.2, 0.25) is 0 Å². The summed E-state index contributed by atoms with van der Waals surface area (Å²) in [6.45, 7) is 7.58. The summed E-state index contributed by atoms with van der Waals surface area (Å²) in [7, 11) is 0. The van der Waals surface area contributed by atoms with Crippen LogP contribution >= 0.6 is 0 Å². The summed E-state index contributed by atoms with van der Waals surface area (Å²) >= 11 is 0. The van der Waals surface area contributed by atoms with Gasteiger partial charge in [-0.25, -0.2) is 9.59 Å². The predicted molar refractivity (Wildman–Crippen MR) is 74.0 cm³/mol. The third-order valence-electron chi connectivity index (χ3n) is 3.66. The Morgan fingerprint density at radius 3 is 2.37 bits per heavy atom. The molecule has 1 saturated carbocycles. The van der Waals surface area contributed by atoms with Crippen molar-refractivity contribution in [3.05, 3.63) is 0 Å². The van der Waals surface area contributed by atoms with E-state index in [4.69, 9.17) is 5.11 Å². The first kappa shape index (κ1) is 15.8. The molecule has 1 aliphatic carbocycles. The molecule has 0 spiro atoms. The zero-order valence-electron chi connectivity index (χ0n) is 12.3. The SMILES string of the molecule is CC1CCCC(NC(=O)N[C@@H](C(=O)O)C(C)(C)C)C1. The molecule has 2 amide bonds. The van der Waals surface area contributed by atoms with Gasteiger partial charge in [-0.05, 0) is 24.2 Å². The van der Waals surface area contributed by atoms with E-state index in [1.54, 1.807) is 20.8 Å². The van der Waals surface area contributed by atoms with E-state index in [9.17, 15) is 9.59 Å². The van der Waals surface area contributed by atoms with Gasteiger partial charge in [0.1, 0.15) is 6.04 Å². The molecule has 1 aliphatic rings. The van der Waals surface area contributed by atoms with Gasteiger partial charge in [0.2, 0.25) is 0 Å². The van der Waals surface area contributed by atoms with Crippen LogP contribution in [-0.4, -0.2) is 29.2 Å². The molecule has 110 valence electrons. The molecule has 0 bridgehead atoms. The second kappa shape index (κ2) is 6.26. The lowest BCUT2D eigenvalue weighted by atomic mass is 9.86. The van der Waals surface area contributed by atoms with Crippen molar-refractivity contribution in [1.82, 2.24) is 10.6 Å². The molecule has 5 heteroatoms. The average molecular weight is 270 g/mol. The van der Waals surface area contributed by atoms with Crippen LogP contribution in [0.5, 0.6) is 0 Å². The molecule has 3 atom stereocenters. The Hall–Kier alpha value is -1.26. The van der Waals surface area contributed by atoms with Gasteiger partial charge in [-0.3, -0.25) is 0 Å². The van der Waals surface area contributed by atoms with Crippen molar-refractivity contribution in [1.29, 1.82) is 0 Å². The van der Waals surface area contributed by atoms with Gasteiger partial charge in [0, 0.05) is 6.04 Å². The highest BCUT2D eigenvalue weighted by molar-refractivity contribution is 5.83. The van der Waals surface area contributed by atoms with E-state index in [0.717, 1.165) is 19.3 Å². The Kier molecular flexibility index (Phi) is 5.20. The smallest absolute Gasteiger partial charge is 0.326 e. The van der Waals surface area contributed by atoms with Crippen LogP contribution in [0.1, 0.15) is 53.4 Å². The van der Waals surface area contributed by atoms with Gasteiger partial charge >= 0.3 is 12.0 Å². The normalized spacial score (nSPS) is 25.5. The summed E-state index contributed by atoms with van der Waals surface area (Å²) in [4.78, 5) is 23.1. The Labute approximate surface area is 115 Å². The lowest BCUT2D eigenvalue weighted by molar-refractivity contribution is -0.141. The van der Waals surface area contributed by atoms with Crippen molar-refractivity contribution < 1.29 is 14.7 Å². The number of hydrogen-bond acceptors (Lipinski definition) is 2. The zero-order valence-corrected chi connectivity index (χ0v) is 12.3. The van der Waals surface area contributed by atoms with Crippen LogP contribution in [0.3, 0.4) is 0 Å². The topological polar surface area (TPSA) is 78.4 Å². The molecule has 5 nitrogen and oxygen atoms in total. The lowest BCUT2D eigenvalue weighted by Gasteiger charge is -2.31. The van der Waals surface area contributed by atoms with Gasteiger partial charge < -0.3 is 15.7 Å². The third-order valence-corrected chi connectivity index (χ3v) is 3.66. The van der Waals surface area contributed by atoms with Crippen molar-refractivity contribution in [3.63, 3.8) is 0 Å². The highest BCUT2D eigenvalue weighted by Crippen LogP contribution is 2.23. The van der Waals surface area contributed by atoms with Crippen molar-refractivity contribution in [2.45, 2.75) is 65.5 Å². The Balaban J connectivity index is 2.51. The van der Waals surface area contributed by atoms with Crippen LogP contribution in [0.4, 0.5) is 4.79 Å². The number of carbonyl (C=O) groups excluding carboxylic acids is 1. The van der Waals surface area contributed by atoms with E-state index in [1.165, 1.54) is 6.42 Å². The van der Waals surface area contributed by atoms with Crippen LogP contribution in [0.15, 0.2) is 0 Å². The van der Waals surface area contributed by atoms with Crippen LogP contribution < -0.4 is 10.6 Å². The number of amides is 2. The predicted octanol–water partition coefficient (Wildman–Crippen LogP) is 2.36. The number of rotatable bonds is 3. The molecule has 19 heavy (non-hydrogen) atoms. The van der Waals surface area contributed by atoms with E-state index < -0.39 is 17.4 Å². The first-order valence-electron chi connectivity index (χ1n) is 7.00. The Morgan fingerprint density at radius 1 is 1.26 bits per heavy atom. The number of hydrogen-bond donors (Lipinski definition) is 3. The summed E-state index contributed by atoms with van der Waals surface area (Å²) in [5.41, 5.74) is -0.511. The molecular formula is C14H26N2O3. The van der Waals surface area contributed by atoms with Gasteiger partial charge in [0.05, 0.1) is 0 Å². The van der Waals surface area contributed by atoms with Crippen LogP contribution in [0, 0.1) is 11.3 Å². The Bertz CT molecular complexity index is 336. The molecule has 2 unspecified atom stereocenters. The molecule has 0 heterocycles. The summed E-state index contributed by atoms with van der Waals surface area (Å²) in [6.07, 6.45) is 4.28. The molecule has 1 rings (SSSR count). The van der Waals surface area contributed by atoms with E-state index in [-0.39, 0.29) is 12.1 Å². The minimum absolute atomic E-state index is 0.165. The number of carboxylic acid groups (broad SMARTS) is 1. The van der Waals surface area contributed by atoms with Gasteiger partial charge in [-0.2, -0.15) is 0 Å². The maximum Gasteiger partial charge on any atom is 0.326 e. The minimum atomic E-state index is -1.00. The second-order valence-electron chi connectivity index (χ2n) is 6.72. The van der Waals surface area contributed by atoms with Crippen LogP contribution in [-0.2, 0) is 4.79 Å². The maximum atomic E-state index is 11.9. The van der Waals surface area contributed by atoms with Gasteiger partial charge in [0.15, 0.2) is 0 Å². The van der Waals surface area contributed by atoms with Crippen molar-refractivity contribution in [2.75, 3.05) is 0 Å². The molecule has 0 aromatic heterocycles. The highest BCUT2D eigenvalue weighted by Gasteiger charge is 2.33. The molecular weight excluding hydrogens is 244 g/mol. The summed E-state index contributed by atoms with van der Waals surface area (Å²) in [5, 5.41) is 14.6. The van der Waals surface area contributed by atoms with Gasteiger partial charge in [-0.15, -0.1) is 0 Å². The number of carboxylic acids is 1. The van der Waals surface area contributed by atoms with E-state index in [2.05, 4.69) is 17.6 Å². The van der Waals surface area contributed by atoms with E-state index in [1.807, 2.05) is 0 Å². The fraction of sp³-hybridized carbons (Fsp3) is 0.857. The van der Waals surface area contributed by atoms with Gasteiger partial charge in [0.25, 0.3) is 0 Å². The largest absolute Gasteiger partial charge is 0.480 e. The Morgan fingerprint density at radius 2 is 1.89 bits per heavy atom. The monoisotopic (exact) mass is 270 g/mol. The first-order valence-corrected chi connectivity index (χ1v) is 7.00. The third kappa shape index (κ3) is 5.09. The fourth-order valence-corrected chi connectivity index (χ4v) is 2.57. The molecule has 0 aromatic carbocycles. The standard InChI is InChI=1S/C14H26N2O3/c1-9-6-5-7-10(8-9)15-13(19)16-11(12(17)18)14(2,3)4/h9-11H,5-8H2,1-4H3,(H,17,18)(H2,15,16,19)/t9?,10?,11-/m0/s1. The van der Waals surface area contributed by atoms with E-state index in [0.29, 0.717) is 5.92 Å². The average Bonchev–Trinajstić information content (AvgIpc) is 2.24. The van der Waals surface area contributed by atoms with Crippen LogP contribution in [0.25, 0.3) is 0 Å². The van der Waals surface area contributed by atoms with Crippen molar-refractivity contribution in [3.8, 4) is 0 Å². The van der Waals surface area contributed by atoms with Gasteiger partial charge in [-0.1, -0.05) is 40.5 Å². The zero-order chi connectivity index (χ0) is 14.6. The summed E-state index contributed by atoms with van der Waals surface area (Å²) in [6, 6.07) is -1.09.